The van der Waals surface area contributed by atoms with Gasteiger partial charge >= 0.3 is 6.08 Å². The van der Waals surface area contributed by atoms with Crippen LogP contribution in [0.3, 0.4) is 0 Å². The van der Waals surface area contributed by atoms with Crippen molar-refractivity contribution in [3.8, 4) is 5.75 Å². The van der Waals surface area contributed by atoms with Crippen molar-refractivity contribution in [2.24, 2.45) is 0 Å². The monoisotopic (exact) mass is 454 g/mol. The van der Waals surface area contributed by atoms with E-state index in [9.17, 15) is 19.2 Å². The van der Waals surface area contributed by atoms with E-state index in [2.05, 4.69) is 20.0 Å². The number of benzene rings is 1. The molecule has 3 unspecified atom stereocenters. The molecule has 3 aromatic rings. The van der Waals surface area contributed by atoms with E-state index in [4.69, 9.17) is 20.1 Å². The number of nitrogens with one attached hydrogen (secondary N) is 1. The number of nitrogens with two attached hydrogens (primary N) is 1. The van der Waals surface area contributed by atoms with E-state index >= 15 is 0 Å². The van der Waals surface area contributed by atoms with Crippen LogP contribution < -0.4 is 15.6 Å². The number of hydrogen-bond donors (Lipinski definition) is 5. The first-order valence-corrected chi connectivity index (χ1v) is 10.5. The second-order valence-corrected chi connectivity index (χ2v) is 7.83. The molecule has 1 aromatic carbocycles. The molecule has 14 heteroatoms. The predicted octanol–water partition coefficient (Wildman–Crippen LogP) is -0.283. The Hall–Kier alpha value is -2.67. The van der Waals surface area contributed by atoms with Crippen LogP contribution in [-0.4, -0.2) is 59.5 Å². The molecule has 4 rings (SSSR count). The van der Waals surface area contributed by atoms with Gasteiger partial charge in [-0.1, -0.05) is 12.1 Å². The number of aromatic nitrogens is 4. The van der Waals surface area contributed by atoms with Crippen molar-refractivity contribution in [2.45, 2.75) is 31.1 Å². The number of aliphatic hydroxyl groups is 2. The van der Waals surface area contributed by atoms with Crippen LogP contribution in [0.15, 0.2) is 30.6 Å². The first kappa shape index (κ1) is 21.6. The lowest BCUT2D eigenvalue weighted by Gasteiger charge is -2.16. The average Bonchev–Trinajstić information content (AvgIpc) is 3.27. The van der Waals surface area contributed by atoms with E-state index in [1.807, 2.05) is 0 Å². The first-order valence-electron chi connectivity index (χ1n) is 9.19. The van der Waals surface area contributed by atoms with Crippen molar-refractivity contribution < 1.29 is 33.5 Å². The lowest BCUT2D eigenvalue weighted by molar-refractivity contribution is -0.0475. The number of hydrogen-bond acceptors (Lipinski definition) is 9. The molecule has 166 valence electrons. The number of anilines is 1. The summed E-state index contributed by atoms with van der Waals surface area (Å²) in [6.45, 7) is 0.0877. The fraction of sp³-hybridized carbons (Fsp3) is 0.353. The van der Waals surface area contributed by atoms with Gasteiger partial charge in [-0.15, -0.1) is 0 Å². The largest absolute Gasteiger partial charge is 0.491 e. The molecular weight excluding hydrogens is 434 g/mol. The van der Waals surface area contributed by atoms with Gasteiger partial charge in [-0.05, 0) is 17.7 Å². The minimum absolute atomic E-state index is 0.0196. The van der Waals surface area contributed by atoms with Crippen molar-refractivity contribution in [3.05, 3.63) is 42.2 Å². The van der Waals surface area contributed by atoms with Crippen LogP contribution in [0, 0.1) is 6.08 Å². The van der Waals surface area contributed by atoms with Crippen molar-refractivity contribution in [2.75, 3.05) is 12.3 Å². The van der Waals surface area contributed by atoms with Gasteiger partial charge in [0.15, 0.2) is 23.2 Å². The molecule has 0 amide bonds. The minimum atomic E-state index is -2.80. The Bertz CT molecular complexity index is 1120. The number of imidazole rings is 1. The number of fused-ring (bicyclic) bond motifs is 1. The Morgan fingerprint density at radius 2 is 2.13 bits per heavy atom. The van der Waals surface area contributed by atoms with Gasteiger partial charge in [0.05, 0.1) is 6.33 Å². The van der Waals surface area contributed by atoms with Crippen LogP contribution in [0.25, 0.3) is 11.2 Å². The number of aliphatic hydroxyl groups excluding tert-OH is 2. The molecule has 6 N–H and O–H groups in total. The van der Waals surface area contributed by atoms with Gasteiger partial charge in [-0.3, -0.25) is 9.13 Å². The number of nitrogens with zero attached hydrogens (tertiary/aromatic N) is 4. The standard InChI is InChI=1S/C17H20FN6O6P/c18-17-22-14(19)11-15(23-17)24(7-20-11)16-13(26)12(25)10(30-16)6-29-9-3-1-2-8(4-9)5-21-31(27)28/h1-4,7,10,12-13,16,25-26,31H,5-6H2,(H2,19,22,23)(H2,21,27,28)/t10?,12?,13-,16+/m0/s1. The van der Waals surface area contributed by atoms with Crippen molar-refractivity contribution in [1.82, 2.24) is 24.6 Å². The molecule has 0 bridgehead atoms. The second kappa shape index (κ2) is 8.83. The van der Waals surface area contributed by atoms with Crippen LogP contribution in [0.4, 0.5) is 10.2 Å². The summed E-state index contributed by atoms with van der Waals surface area (Å²) in [5, 5.41) is 23.3. The number of ether oxygens (including phenoxy) is 2. The van der Waals surface area contributed by atoms with E-state index in [0.29, 0.717) is 5.75 Å². The number of halogens is 1. The van der Waals surface area contributed by atoms with Gasteiger partial charge in [0.25, 0.3) is 8.18 Å². The zero-order valence-electron chi connectivity index (χ0n) is 15.9. The van der Waals surface area contributed by atoms with E-state index in [1.165, 1.54) is 10.9 Å². The molecule has 0 saturated carbocycles. The highest BCUT2D eigenvalue weighted by Crippen LogP contribution is 2.32. The molecular formula is C17H20FN6O6P. The third-order valence-corrected chi connectivity index (χ3v) is 5.27. The summed E-state index contributed by atoms with van der Waals surface area (Å²) in [6, 6.07) is 6.80. The molecule has 12 nitrogen and oxygen atoms in total. The van der Waals surface area contributed by atoms with Crippen molar-refractivity contribution >= 4 is 25.2 Å². The van der Waals surface area contributed by atoms with Gasteiger partial charge in [0.1, 0.15) is 30.7 Å². The van der Waals surface area contributed by atoms with Gasteiger partial charge in [-0.25, -0.2) is 10.1 Å². The van der Waals surface area contributed by atoms with Crippen LogP contribution in [0.5, 0.6) is 5.75 Å². The second-order valence-electron chi connectivity index (χ2n) is 6.87. The zero-order valence-corrected chi connectivity index (χ0v) is 16.9. The molecule has 2 aromatic heterocycles. The molecule has 0 aliphatic carbocycles. The third-order valence-electron chi connectivity index (χ3n) is 4.79. The van der Waals surface area contributed by atoms with Crippen LogP contribution >= 0.6 is 8.18 Å². The van der Waals surface area contributed by atoms with E-state index < -0.39 is 38.8 Å². The molecule has 3 heterocycles. The Morgan fingerprint density at radius 3 is 2.90 bits per heavy atom. The Balaban J connectivity index is 1.46. The third kappa shape index (κ3) is 4.51. The van der Waals surface area contributed by atoms with E-state index in [0.717, 1.165) is 5.56 Å². The minimum Gasteiger partial charge on any atom is -0.491 e. The topological polar surface area (TPSA) is 178 Å². The summed E-state index contributed by atoms with van der Waals surface area (Å²) >= 11 is 0. The highest BCUT2D eigenvalue weighted by atomic mass is 31.1. The number of rotatable bonds is 7. The molecule has 1 aliphatic heterocycles. The van der Waals surface area contributed by atoms with Crippen molar-refractivity contribution in [3.63, 3.8) is 0 Å². The fourth-order valence-corrected chi connectivity index (χ4v) is 3.65. The predicted molar refractivity (Wildman–Crippen MR) is 106 cm³/mol. The molecule has 1 saturated heterocycles. The first-order chi connectivity index (χ1) is 14.8. The highest BCUT2D eigenvalue weighted by Gasteiger charge is 2.44. The summed E-state index contributed by atoms with van der Waals surface area (Å²) in [4.78, 5) is 20.0. The fourth-order valence-electron chi connectivity index (χ4n) is 3.29. The maximum atomic E-state index is 13.6. The van der Waals surface area contributed by atoms with Gasteiger partial charge in [0.2, 0.25) is 0 Å². The maximum Gasteiger partial charge on any atom is 0.312 e. The Labute approximate surface area is 175 Å². The van der Waals surface area contributed by atoms with Gasteiger partial charge < -0.3 is 30.3 Å². The van der Waals surface area contributed by atoms with Crippen LogP contribution in [-0.2, 0) is 15.8 Å². The normalized spacial score (nSPS) is 24.5. The Kier molecular flexibility index (Phi) is 6.14. The lowest BCUT2D eigenvalue weighted by Crippen LogP contribution is -2.34. The molecule has 0 spiro atoms. The van der Waals surface area contributed by atoms with E-state index in [-0.39, 0.29) is 30.1 Å². The molecule has 1 fully saturated rings. The van der Waals surface area contributed by atoms with Crippen LogP contribution in [0.2, 0.25) is 0 Å². The van der Waals surface area contributed by atoms with Gasteiger partial charge in [0, 0.05) is 6.54 Å². The summed E-state index contributed by atoms with van der Waals surface area (Å²) in [7, 11) is -2.80. The molecule has 5 atom stereocenters. The molecule has 0 radical (unpaired) electrons. The number of nitrogen functional groups attached to an aromatic ring is 1. The molecule has 1 aliphatic rings. The average molecular weight is 454 g/mol. The summed E-state index contributed by atoms with van der Waals surface area (Å²) in [6.07, 6.45) is -4.44. The maximum absolute atomic E-state index is 13.6. The molecule has 31 heavy (non-hydrogen) atoms. The summed E-state index contributed by atoms with van der Waals surface area (Å²) < 4.78 is 37.1. The summed E-state index contributed by atoms with van der Waals surface area (Å²) in [5.74, 6) is 0.288. The zero-order chi connectivity index (χ0) is 22.1. The van der Waals surface area contributed by atoms with E-state index in [1.54, 1.807) is 24.3 Å². The smallest absolute Gasteiger partial charge is 0.312 e. The van der Waals surface area contributed by atoms with Crippen molar-refractivity contribution in [1.29, 1.82) is 0 Å². The van der Waals surface area contributed by atoms with Gasteiger partial charge in [-0.2, -0.15) is 14.4 Å². The summed E-state index contributed by atoms with van der Waals surface area (Å²) in [5.41, 5.74) is 6.53. The SMILES string of the molecule is Nc1nc(F)nc2c1ncn2[C@@H]1OC(COc2cccc(CN[PH](=O)O)c2)C(O)[C@@H]1O. The Morgan fingerprint density at radius 1 is 1.32 bits per heavy atom. The highest BCUT2D eigenvalue weighted by molar-refractivity contribution is 7.35. The lowest BCUT2D eigenvalue weighted by atomic mass is 10.1. The van der Waals surface area contributed by atoms with Crippen LogP contribution in [0.1, 0.15) is 11.8 Å². The quantitative estimate of drug-likeness (QED) is 0.234.